The van der Waals surface area contributed by atoms with Gasteiger partial charge in [-0.25, -0.2) is 0 Å². The molecule has 1 saturated heterocycles. The number of amides is 1. The molecule has 1 fully saturated rings. The lowest BCUT2D eigenvalue weighted by molar-refractivity contribution is -0.117. The molecule has 0 aliphatic carbocycles. The highest BCUT2D eigenvalue weighted by Crippen LogP contribution is 2.26. The van der Waals surface area contributed by atoms with Gasteiger partial charge in [0.05, 0.1) is 12.2 Å². The van der Waals surface area contributed by atoms with Gasteiger partial charge >= 0.3 is 0 Å². The van der Waals surface area contributed by atoms with E-state index in [0.717, 1.165) is 40.6 Å². The summed E-state index contributed by atoms with van der Waals surface area (Å²) in [6.45, 7) is 2.22. The Morgan fingerprint density at radius 1 is 1.37 bits per heavy atom. The van der Waals surface area contributed by atoms with Gasteiger partial charge in [0.1, 0.15) is 0 Å². The molecule has 0 bridgehead atoms. The highest BCUT2D eigenvalue weighted by Gasteiger charge is 2.18. The molecule has 19 heavy (non-hydrogen) atoms. The third-order valence-corrected chi connectivity index (χ3v) is 4.35. The molecule has 0 aromatic heterocycles. The summed E-state index contributed by atoms with van der Waals surface area (Å²) in [5.74, 6) is 0.0125. The summed E-state index contributed by atoms with van der Waals surface area (Å²) < 4.78 is 1.85. The van der Waals surface area contributed by atoms with Gasteiger partial charge in [0.25, 0.3) is 0 Å². The molecule has 1 amide bonds. The normalized spacial score (nSPS) is 17.4. The minimum atomic E-state index is 0.0125. The summed E-state index contributed by atoms with van der Waals surface area (Å²) in [6, 6.07) is 5.98. The van der Waals surface area contributed by atoms with Crippen molar-refractivity contribution >= 4 is 43.5 Å². The fourth-order valence-corrected chi connectivity index (χ4v) is 3.24. The first kappa shape index (κ1) is 15.0. The molecular formula is C13H17Br2N3O. The molecule has 0 atom stereocenters. The Kier molecular flexibility index (Phi) is 5.38. The van der Waals surface area contributed by atoms with Crippen LogP contribution in [0.15, 0.2) is 27.1 Å². The predicted octanol–water partition coefficient (Wildman–Crippen LogP) is 2.57. The number of nitrogens with zero attached hydrogens (tertiary/aromatic N) is 1. The molecule has 1 heterocycles. The maximum Gasteiger partial charge on any atom is 0.238 e. The van der Waals surface area contributed by atoms with Crippen molar-refractivity contribution in [2.75, 3.05) is 25.0 Å². The van der Waals surface area contributed by atoms with Crippen LogP contribution >= 0.6 is 31.9 Å². The van der Waals surface area contributed by atoms with Gasteiger partial charge in [-0.1, -0.05) is 15.9 Å². The van der Waals surface area contributed by atoms with E-state index in [1.54, 1.807) is 0 Å². The largest absolute Gasteiger partial charge is 0.328 e. The number of anilines is 1. The number of carbonyl (C=O) groups excluding carboxylic acids is 1. The van der Waals surface area contributed by atoms with Crippen LogP contribution in [0.5, 0.6) is 0 Å². The summed E-state index contributed by atoms with van der Waals surface area (Å²) in [6.07, 6.45) is 1.94. The number of hydrogen-bond acceptors (Lipinski definition) is 3. The zero-order valence-corrected chi connectivity index (χ0v) is 13.7. The van der Waals surface area contributed by atoms with Crippen LogP contribution in [0.25, 0.3) is 0 Å². The second kappa shape index (κ2) is 6.83. The third-order valence-electron chi connectivity index (χ3n) is 3.20. The van der Waals surface area contributed by atoms with Crippen LogP contribution in [0.1, 0.15) is 12.8 Å². The number of nitrogens with one attached hydrogen (secondary N) is 1. The lowest BCUT2D eigenvalue weighted by atomic mass is 10.1. The number of nitrogens with two attached hydrogens (primary N) is 1. The zero-order valence-electron chi connectivity index (χ0n) is 10.5. The van der Waals surface area contributed by atoms with Crippen molar-refractivity contribution in [3.05, 3.63) is 27.1 Å². The Bertz CT molecular complexity index is 459. The maximum atomic E-state index is 12.0. The number of rotatable bonds is 3. The van der Waals surface area contributed by atoms with Crippen LogP contribution in [-0.2, 0) is 4.79 Å². The lowest BCUT2D eigenvalue weighted by Gasteiger charge is -2.29. The average Bonchev–Trinajstić information content (AvgIpc) is 2.36. The minimum Gasteiger partial charge on any atom is -0.328 e. The standard InChI is InChI=1S/C13H17Br2N3O/c14-9-1-2-12(11(15)7-9)17-13(19)8-18-5-3-10(16)4-6-18/h1-2,7,10H,3-6,8,16H2,(H,17,19). The van der Waals surface area contributed by atoms with E-state index >= 15 is 0 Å². The number of carbonyl (C=O) groups is 1. The van der Waals surface area contributed by atoms with Crippen molar-refractivity contribution in [1.29, 1.82) is 0 Å². The van der Waals surface area contributed by atoms with Crippen LogP contribution in [0, 0.1) is 0 Å². The van der Waals surface area contributed by atoms with E-state index in [4.69, 9.17) is 5.73 Å². The Labute approximate surface area is 130 Å². The van der Waals surface area contributed by atoms with Crippen LogP contribution in [0.3, 0.4) is 0 Å². The van der Waals surface area contributed by atoms with E-state index in [1.807, 2.05) is 18.2 Å². The summed E-state index contributed by atoms with van der Waals surface area (Å²) >= 11 is 6.82. The molecule has 0 radical (unpaired) electrons. The van der Waals surface area contributed by atoms with Gasteiger partial charge in [0.2, 0.25) is 5.91 Å². The van der Waals surface area contributed by atoms with Crippen molar-refractivity contribution < 1.29 is 4.79 Å². The SMILES string of the molecule is NC1CCN(CC(=O)Nc2ccc(Br)cc2Br)CC1. The van der Waals surface area contributed by atoms with Gasteiger partial charge in [0, 0.05) is 28.1 Å². The minimum absolute atomic E-state index is 0.0125. The fourth-order valence-electron chi connectivity index (χ4n) is 2.09. The third kappa shape index (κ3) is 4.56. The van der Waals surface area contributed by atoms with E-state index in [0.29, 0.717) is 12.6 Å². The first-order chi connectivity index (χ1) is 9.04. The van der Waals surface area contributed by atoms with E-state index in [9.17, 15) is 4.79 Å². The molecule has 0 unspecified atom stereocenters. The molecule has 104 valence electrons. The summed E-state index contributed by atoms with van der Waals surface area (Å²) in [4.78, 5) is 14.1. The molecule has 4 nitrogen and oxygen atoms in total. The van der Waals surface area contributed by atoms with E-state index in [1.165, 1.54) is 0 Å². The molecule has 0 spiro atoms. The molecule has 3 N–H and O–H groups in total. The number of hydrogen-bond donors (Lipinski definition) is 2. The first-order valence-electron chi connectivity index (χ1n) is 6.27. The smallest absolute Gasteiger partial charge is 0.238 e. The Morgan fingerprint density at radius 2 is 2.05 bits per heavy atom. The summed E-state index contributed by atoms with van der Waals surface area (Å²) in [7, 11) is 0. The van der Waals surface area contributed by atoms with Crippen molar-refractivity contribution in [1.82, 2.24) is 4.90 Å². The first-order valence-corrected chi connectivity index (χ1v) is 7.86. The van der Waals surface area contributed by atoms with E-state index in [2.05, 4.69) is 42.1 Å². The van der Waals surface area contributed by atoms with Gasteiger partial charge in [-0.05, 0) is 47.0 Å². The number of piperidine rings is 1. The molecule has 0 saturated carbocycles. The van der Waals surface area contributed by atoms with Gasteiger partial charge in [-0.2, -0.15) is 0 Å². The van der Waals surface area contributed by atoms with E-state index in [-0.39, 0.29) is 5.91 Å². The predicted molar refractivity (Wildman–Crippen MR) is 84.1 cm³/mol. The molecule has 1 aromatic rings. The summed E-state index contributed by atoms with van der Waals surface area (Å²) in [5.41, 5.74) is 6.64. The van der Waals surface area contributed by atoms with Crippen LogP contribution < -0.4 is 11.1 Å². The number of halogens is 2. The summed E-state index contributed by atoms with van der Waals surface area (Å²) in [5, 5.41) is 2.92. The van der Waals surface area contributed by atoms with Crippen molar-refractivity contribution in [3.8, 4) is 0 Å². The van der Waals surface area contributed by atoms with Crippen LogP contribution in [0.4, 0.5) is 5.69 Å². The van der Waals surface area contributed by atoms with Gasteiger partial charge in [-0.3, -0.25) is 9.69 Å². The van der Waals surface area contributed by atoms with Crippen molar-refractivity contribution in [2.24, 2.45) is 5.73 Å². The molecule has 1 aliphatic heterocycles. The highest BCUT2D eigenvalue weighted by molar-refractivity contribution is 9.11. The van der Waals surface area contributed by atoms with E-state index < -0.39 is 0 Å². The van der Waals surface area contributed by atoms with Gasteiger partial charge in [0.15, 0.2) is 0 Å². The average molecular weight is 391 g/mol. The van der Waals surface area contributed by atoms with Crippen LogP contribution in [-0.4, -0.2) is 36.5 Å². The van der Waals surface area contributed by atoms with Gasteiger partial charge in [-0.15, -0.1) is 0 Å². The molecular weight excluding hydrogens is 374 g/mol. The Hall–Kier alpha value is -0.430. The second-order valence-electron chi connectivity index (χ2n) is 4.79. The topological polar surface area (TPSA) is 58.4 Å². The zero-order chi connectivity index (χ0) is 13.8. The molecule has 1 aromatic carbocycles. The fraction of sp³-hybridized carbons (Fsp3) is 0.462. The quantitative estimate of drug-likeness (QED) is 0.833. The van der Waals surface area contributed by atoms with Crippen LogP contribution in [0.2, 0.25) is 0 Å². The van der Waals surface area contributed by atoms with Gasteiger partial charge < -0.3 is 11.1 Å². The number of likely N-dealkylation sites (tertiary alicyclic amines) is 1. The molecule has 2 rings (SSSR count). The lowest BCUT2D eigenvalue weighted by Crippen LogP contribution is -2.43. The highest BCUT2D eigenvalue weighted by atomic mass is 79.9. The molecule has 1 aliphatic rings. The number of benzene rings is 1. The van der Waals surface area contributed by atoms with Crippen molar-refractivity contribution in [3.63, 3.8) is 0 Å². The monoisotopic (exact) mass is 389 g/mol. The maximum absolute atomic E-state index is 12.0. The molecule has 6 heteroatoms. The van der Waals surface area contributed by atoms with Crippen molar-refractivity contribution in [2.45, 2.75) is 18.9 Å². The Morgan fingerprint density at radius 3 is 2.68 bits per heavy atom. The Balaban J connectivity index is 1.87. The second-order valence-corrected chi connectivity index (χ2v) is 6.56.